The summed E-state index contributed by atoms with van der Waals surface area (Å²) in [7, 11) is 2.44. The summed E-state index contributed by atoms with van der Waals surface area (Å²) >= 11 is 0. The number of amides is 2. The minimum atomic E-state index is -0.932. The molecule has 1 saturated carbocycles. The average molecular weight is 372 g/mol. The summed E-state index contributed by atoms with van der Waals surface area (Å²) in [5.41, 5.74) is -0.724. The summed E-state index contributed by atoms with van der Waals surface area (Å²) < 4.78 is 14.9. The number of hydrogen-bond acceptors (Lipinski definition) is 7. The van der Waals surface area contributed by atoms with E-state index in [0.717, 1.165) is 0 Å². The zero-order chi connectivity index (χ0) is 20.1. The van der Waals surface area contributed by atoms with Crippen LogP contribution in [-0.2, 0) is 28.6 Å². The molecule has 0 spiro atoms. The number of methoxy groups -OCH3 is 2. The van der Waals surface area contributed by atoms with Crippen molar-refractivity contribution >= 4 is 23.9 Å². The van der Waals surface area contributed by atoms with Gasteiger partial charge in [-0.2, -0.15) is 0 Å². The van der Waals surface area contributed by atoms with E-state index in [1.165, 1.54) is 21.1 Å². The maximum Gasteiger partial charge on any atom is 0.407 e. The molecule has 0 aromatic rings. The normalized spacial score (nSPS) is 25.2. The summed E-state index contributed by atoms with van der Waals surface area (Å²) in [6.07, 6.45) is -0.456. The van der Waals surface area contributed by atoms with Crippen molar-refractivity contribution in [2.75, 3.05) is 20.8 Å². The highest BCUT2D eigenvalue weighted by Gasteiger charge is 2.52. The number of hydrogen-bond donors (Lipinski definition) is 2. The van der Waals surface area contributed by atoms with Gasteiger partial charge in [-0.1, -0.05) is 0 Å². The van der Waals surface area contributed by atoms with Crippen LogP contribution in [0.4, 0.5) is 4.79 Å². The lowest BCUT2D eigenvalue weighted by Crippen LogP contribution is -2.49. The summed E-state index contributed by atoms with van der Waals surface area (Å²) in [6, 6.07) is -0.742. The van der Waals surface area contributed by atoms with Crippen LogP contribution in [0.2, 0.25) is 0 Å². The molecule has 4 unspecified atom stereocenters. The van der Waals surface area contributed by atoms with E-state index in [-0.39, 0.29) is 24.8 Å². The third kappa shape index (κ3) is 5.89. The van der Waals surface area contributed by atoms with Crippen LogP contribution in [0.3, 0.4) is 0 Å². The average Bonchev–Trinajstić information content (AvgIpc) is 2.87. The van der Waals surface area contributed by atoms with E-state index < -0.39 is 41.5 Å². The minimum absolute atomic E-state index is 0.191. The second kappa shape index (κ2) is 8.86. The van der Waals surface area contributed by atoms with Gasteiger partial charge in [0.05, 0.1) is 32.1 Å². The number of carbonyl (C=O) groups is 4. The molecule has 2 amide bonds. The van der Waals surface area contributed by atoms with E-state index in [2.05, 4.69) is 10.6 Å². The van der Waals surface area contributed by atoms with Gasteiger partial charge in [0.15, 0.2) is 0 Å². The highest BCUT2D eigenvalue weighted by Crippen LogP contribution is 2.38. The zero-order valence-corrected chi connectivity index (χ0v) is 16.1. The first-order chi connectivity index (χ1) is 12.0. The summed E-state index contributed by atoms with van der Waals surface area (Å²) in [5, 5.41) is 5.32. The molecule has 1 rings (SSSR count). The van der Waals surface area contributed by atoms with Gasteiger partial charge in [-0.05, 0) is 33.1 Å². The lowest BCUT2D eigenvalue weighted by molar-refractivity contribution is -0.156. The van der Waals surface area contributed by atoms with Crippen molar-refractivity contribution < 1.29 is 33.4 Å². The van der Waals surface area contributed by atoms with Crippen LogP contribution < -0.4 is 10.6 Å². The van der Waals surface area contributed by atoms with Crippen LogP contribution in [0.5, 0.6) is 0 Å². The molecule has 4 atom stereocenters. The molecular weight excluding hydrogens is 344 g/mol. The van der Waals surface area contributed by atoms with Crippen LogP contribution in [-0.4, -0.2) is 56.3 Å². The predicted molar refractivity (Wildman–Crippen MR) is 91.0 cm³/mol. The second-order valence-corrected chi connectivity index (χ2v) is 7.28. The molecule has 0 aliphatic heterocycles. The Hall–Kier alpha value is -2.32. The number of carbonyl (C=O) groups excluding carboxylic acids is 4. The van der Waals surface area contributed by atoms with Gasteiger partial charge in [0.1, 0.15) is 5.60 Å². The van der Waals surface area contributed by atoms with Crippen molar-refractivity contribution in [3.8, 4) is 0 Å². The van der Waals surface area contributed by atoms with Crippen molar-refractivity contribution in [3.05, 3.63) is 0 Å². The van der Waals surface area contributed by atoms with Gasteiger partial charge in [-0.25, -0.2) is 4.79 Å². The Labute approximate surface area is 153 Å². The number of ether oxygens (including phenoxy) is 3. The predicted octanol–water partition coefficient (Wildman–Crippen LogP) is 0.614. The number of alkyl carbamates (subject to hydrolysis) is 1. The Morgan fingerprint density at radius 1 is 1.04 bits per heavy atom. The molecule has 9 nitrogen and oxygen atoms in total. The Bertz CT molecular complexity index is 556. The number of nitrogens with one attached hydrogen (secondary N) is 2. The number of esters is 2. The molecule has 1 aliphatic rings. The van der Waals surface area contributed by atoms with E-state index in [1.807, 2.05) is 0 Å². The third-order valence-electron chi connectivity index (χ3n) is 4.16. The number of rotatable bonds is 5. The van der Waals surface area contributed by atoms with Gasteiger partial charge in [-0.3, -0.25) is 14.4 Å². The van der Waals surface area contributed by atoms with Gasteiger partial charge in [0.2, 0.25) is 5.91 Å². The minimum Gasteiger partial charge on any atom is -0.469 e. The van der Waals surface area contributed by atoms with E-state index in [4.69, 9.17) is 14.2 Å². The topological polar surface area (TPSA) is 120 Å². The van der Waals surface area contributed by atoms with E-state index in [9.17, 15) is 19.2 Å². The molecule has 0 heterocycles. The molecule has 0 saturated heterocycles. The van der Waals surface area contributed by atoms with Crippen LogP contribution in [0.15, 0.2) is 0 Å². The summed E-state index contributed by atoms with van der Waals surface area (Å²) in [6.45, 7) is 6.69. The maximum atomic E-state index is 12.3. The molecule has 0 aromatic carbocycles. The van der Waals surface area contributed by atoms with E-state index in [0.29, 0.717) is 0 Å². The largest absolute Gasteiger partial charge is 0.469 e. The second-order valence-electron chi connectivity index (χ2n) is 7.28. The third-order valence-corrected chi connectivity index (χ3v) is 4.16. The fraction of sp³-hybridized carbons (Fsp3) is 0.765. The standard InChI is InChI=1S/C17H28N2O7/c1-9(20)18-8-10-7-11(14(21)24-5)12(15(22)25-6)13(10)19-16(23)26-17(2,3)4/h10-13H,7-8H2,1-6H3,(H,18,20)(H,19,23). The molecule has 0 radical (unpaired) electrons. The lowest BCUT2D eigenvalue weighted by Gasteiger charge is -2.27. The monoisotopic (exact) mass is 372 g/mol. The first-order valence-electron chi connectivity index (χ1n) is 8.39. The molecule has 0 aromatic heterocycles. The van der Waals surface area contributed by atoms with Crippen molar-refractivity contribution in [1.82, 2.24) is 10.6 Å². The first-order valence-corrected chi connectivity index (χ1v) is 8.39. The molecule has 9 heteroatoms. The Balaban J connectivity index is 3.10. The highest BCUT2D eigenvalue weighted by atomic mass is 16.6. The Morgan fingerprint density at radius 2 is 1.62 bits per heavy atom. The Morgan fingerprint density at radius 3 is 2.08 bits per heavy atom. The van der Waals surface area contributed by atoms with Gasteiger partial charge in [0, 0.05) is 13.5 Å². The first kappa shape index (κ1) is 21.7. The fourth-order valence-electron chi connectivity index (χ4n) is 3.14. The molecule has 1 aliphatic carbocycles. The maximum absolute atomic E-state index is 12.3. The summed E-state index contributed by atoms with van der Waals surface area (Å²) in [4.78, 5) is 47.9. The van der Waals surface area contributed by atoms with Crippen LogP contribution >= 0.6 is 0 Å². The van der Waals surface area contributed by atoms with E-state index >= 15 is 0 Å². The van der Waals surface area contributed by atoms with Crippen molar-refractivity contribution in [2.24, 2.45) is 17.8 Å². The van der Waals surface area contributed by atoms with Crippen molar-refractivity contribution in [1.29, 1.82) is 0 Å². The SMILES string of the molecule is COC(=O)C1CC(CNC(C)=O)C(NC(=O)OC(C)(C)C)C1C(=O)OC. The van der Waals surface area contributed by atoms with Gasteiger partial charge < -0.3 is 24.8 Å². The molecule has 0 bridgehead atoms. The molecule has 1 fully saturated rings. The van der Waals surface area contributed by atoms with Crippen LogP contribution in [0.1, 0.15) is 34.1 Å². The highest BCUT2D eigenvalue weighted by molar-refractivity contribution is 5.84. The van der Waals surface area contributed by atoms with Gasteiger partial charge >= 0.3 is 18.0 Å². The fourth-order valence-corrected chi connectivity index (χ4v) is 3.14. The van der Waals surface area contributed by atoms with Gasteiger partial charge in [-0.15, -0.1) is 0 Å². The molecule has 2 N–H and O–H groups in total. The molecule has 148 valence electrons. The van der Waals surface area contributed by atoms with Gasteiger partial charge in [0.25, 0.3) is 0 Å². The molecule has 26 heavy (non-hydrogen) atoms. The lowest BCUT2D eigenvalue weighted by atomic mass is 9.93. The van der Waals surface area contributed by atoms with Crippen molar-refractivity contribution in [2.45, 2.75) is 45.8 Å². The van der Waals surface area contributed by atoms with Crippen LogP contribution in [0.25, 0.3) is 0 Å². The summed E-state index contributed by atoms with van der Waals surface area (Å²) in [5.74, 6) is -3.53. The Kier molecular flexibility index (Phi) is 7.41. The van der Waals surface area contributed by atoms with Crippen molar-refractivity contribution in [3.63, 3.8) is 0 Å². The quantitative estimate of drug-likeness (QED) is 0.536. The van der Waals surface area contributed by atoms with E-state index in [1.54, 1.807) is 20.8 Å². The van der Waals surface area contributed by atoms with Crippen LogP contribution in [0, 0.1) is 17.8 Å². The smallest absolute Gasteiger partial charge is 0.407 e. The molecular formula is C17H28N2O7. The zero-order valence-electron chi connectivity index (χ0n) is 16.1.